The molecule has 0 unspecified atom stereocenters. The van der Waals surface area contributed by atoms with Gasteiger partial charge >= 0.3 is 0 Å². The van der Waals surface area contributed by atoms with Crippen LogP contribution in [0.4, 0.5) is 0 Å². The summed E-state index contributed by atoms with van der Waals surface area (Å²) in [4.78, 5) is 4.55. The molecule has 0 fully saturated rings. The predicted molar refractivity (Wildman–Crippen MR) is 99.2 cm³/mol. The van der Waals surface area contributed by atoms with Crippen LogP contribution in [0.25, 0.3) is 0 Å². The second-order valence-corrected chi connectivity index (χ2v) is 8.94. The van der Waals surface area contributed by atoms with Gasteiger partial charge in [-0.25, -0.2) is 0 Å². The van der Waals surface area contributed by atoms with E-state index in [0.29, 0.717) is 18.3 Å². The van der Waals surface area contributed by atoms with Crippen molar-refractivity contribution in [3.63, 3.8) is 0 Å². The average Bonchev–Trinajstić information content (AvgIpc) is 3.27. The van der Waals surface area contributed by atoms with E-state index in [1.807, 2.05) is 19.1 Å². The van der Waals surface area contributed by atoms with Crippen LogP contribution in [0.3, 0.4) is 0 Å². The second-order valence-electron chi connectivity index (χ2n) is 7.63. The van der Waals surface area contributed by atoms with Crippen molar-refractivity contribution < 1.29 is 8.94 Å². The van der Waals surface area contributed by atoms with E-state index in [9.17, 15) is 0 Å². The maximum atomic E-state index is 5.50. The van der Waals surface area contributed by atoms with Crippen LogP contribution in [0.15, 0.2) is 32.5 Å². The van der Waals surface area contributed by atoms with Crippen molar-refractivity contribution in [2.24, 2.45) is 0 Å². The fourth-order valence-electron chi connectivity index (χ4n) is 2.43. The molecule has 0 bridgehead atoms. The van der Waals surface area contributed by atoms with Gasteiger partial charge in [0.05, 0.1) is 18.1 Å². The first-order valence-electron chi connectivity index (χ1n) is 8.72. The molecule has 8 heteroatoms. The molecule has 1 atom stereocenters. The maximum absolute atomic E-state index is 5.50. The van der Waals surface area contributed by atoms with E-state index in [1.54, 1.807) is 18.0 Å². The quantitative estimate of drug-likeness (QED) is 0.583. The topological polar surface area (TPSA) is 82.8 Å². The van der Waals surface area contributed by atoms with E-state index in [-0.39, 0.29) is 16.6 Å². The number of aromatic nitrogens is 5. The van der Waals surface area contributed by atoms with E-state index < -0.39 is 0 Å². The zero-order chi connectivity index (χ0) is 18.9. The molecule has 3 heterocycles. The molecule has 7 nitrogen and oxygen atoms in total. The molecule has 0 aliphatic heterocycles. The molecule has 0 radical (unpaired) electrons. The van der Waals surface area contributed by atoms with Crippen LogP contribution in [0.1, 0.15) is 76.0 Å². The number of hydrogen-bond donors (Lipinski definition) is 0. The number of furan rings is 1. The molecule has 0 saturated heterocycles. The van der Waals surface area contributed by atoms with Crippen LogP contribution in [-0.2, 0) is 12.0 Å². The highest BCUT2D eigenvalue weighted by Crippen LogP contribution is 2.35. The summed E-state index contributed by atoms with van der Waals surface area (Å²) in [5.41, 5.74) is -0.143. The average molecular weight is 375 g/mol. The molecule has 0 aliphatic carbocycles. The fraction of sp³-hybridized carbons (Fsp3) is 0.556. The Kier molecular flexibility index (Phi) is 5.22. The van der Waals surface area contributed by atoms with Gasteiger partial charge in [0.2, 0.25) is 5.89 Å². The molecular formula is C18H25N5O2S. The highest BCUT2D eigenvalue weighted by molar-refractivity contribution is 7.99. The lowest BCUT2D eigenvalue weighted by molar-refractivity contribution is 0.364. The molecule has 3 aromatic heterocycles. The van der Waals surface area contributed by atoms with E-state index in [1.165, 1.54) is 0 Å². The predicted octanol–water partition coefficient (Wildman–Crippen LogP) is 4.58. The van der Waals surface area contributed by atoms with Gasteiger partial charge in [-0.05, 0) is 19.1 Å². The SMILES string of the molecule is CC(C)c1nnc(S[C@H](C)c2nc(C(C)(C)C)no2)n1Cc1ccco1. The first-order valence-corrected chi connectivity index (χ1v) is 9.60. The molecule has 140 valence electrons. The Hall–Kier alpha value is -2.09. The van der Waals surface area contributed by atoms with Crippen molar-refractivity contribution in [1.29, 1.82) is 0 Å². The minimum Gasteiger partial charge on any atom is -0.467 e. The number of hydrogen-bond acceptors (Lipinski definition) is 7. The summed E-state index contributed by atoms with van der Waals surface area (Å²) in [5, 5.41) is 13.6. The first kappa shape index (κ1) is 18.7. The van der Waals surface area contributed by atoms with Crippen LogP contribution < -0.4 is 0 Å². The minimum absolute atomic E-state index is 0.0295. The summed E-state index contributed by atoms with van der Waals surface area (Å²) >= 11 is 1.56. The summed E-state index contributed by atoms with van der Waals surface area (Å²) in [5.74, 6) is 3.36. The lowest BCUT2D eigenvalue weighted by atomic mass is 9.96. The van der Waals surface area contributed by atoms with Crippen molar-refractivity contribution in [3.8, 4) is 0 Å². The maximum Gasteiger partial charge on any atom is 0.239 e. The van der Waals surface area contributed by atoms with Gasteiger partial charge in [0.1, 0.15) is 11.6 Å². The Labute approximate surface area is 157 Å². The Morgan fingerprint density at radius 1 is 1.19 bits per heavy atom. The normalized spacial score (nSPS) is 13.5. The number of rotatable bonds is 6. The van der Waals surface area contributed by atoms with Gasteiger partial charge in [0, 0.05) is 11.3 Å². The molecular weight excluding hydrogens is 350 g/mol. The highest BCUT2D eigenvalue weighted by Gasteiger charge is 2.25. The molecule has 0 aliphatic rings. The van der Waals surface area contributed by atoms with Crippen LogP contribution in [-0.4, -0.2) is 24.9 Å². The second kappa shape index (κ2) is 7.26. The smallest absolute Gasteiger partial charge is 0.239 e. The molecule has 26 heavy (non-hydrogen) atoms. The Bertz CT molecular complexity index is 845. The summed E-state index contributed by atoms with van der Waals surface area (Å²) in [6.07, 6.45) is 1.68. The molecule has 3 rings (SSSR count). The van der Waals surface area contributed by atoms with Gasteiger partial charge in [-0.3, -0.25) is 4.57 Å². The summed E-state index contributed by atoms with van der Waals surface area (Å²) in [7, 11) is 0. The number of thioether (sulfide) groups is 1. The third-order valence-electron chi connectivity index (χ3n) is 3.90. The van der Waals surface area contributed by atoms with Crippen LogP contribution >= 0.6 is 11.8 Å². The summed E-state index contributed by atoms with van der Waals surface area (Å²) < 4.78 is 13.1. The van der Waals surface area contributed by atoms with Gasteiger partial charge in [0.15, 0.2) is 11.0 Å². The van der Waals surface area contributed by atoms with Crippen molar-refractivity contribution in [3.05, 3.63) is 41.7 Å². The molecule has 0 spiro atoms. The van der Waals surface area contributed by atoms with E-state index in [0.717, 1.165) is 16.7 Å². The molecule has 0 amide bonds. The lowest BCUT2D eigenvalue weighted by Gasteiger charge is -2.12. The number of nitrogens with zero attached hydrogens (tertiary/aromatic N) is 5. The van der Waals surface area contributed by atoms with Gasteiger partial charge in [0.25, 0.3) is 0 Å². The monoisotopic (exact) mass is 375 g/mol. The third kappa shape index (κ3) is 4.00. The largest absolute Gasteiger partial charge is 0.467 e. The van der Waals surface area contributed by atoms with Gasteiger partial charge < -0.3 is 8.94 Å². The molecule has 0 aromatic carbocycles. The third-order valence-corrected chi connectivity index (χ3v) is 4.97. The minimum atomic E-state index is -0.143. The fourth-order valence-corrected chi connectivity index (χ4v) is 3.32. The highest BCUT2D eigenvalue weighted by atomic mass is 32.2. The Morgan fingerprint density at radius 3 is 2.54 bits per heavy atom. The standard InChI is InChI=1S/C18H25N5O2S/c1-11(2)14-20-21-17(23(14)10-13-8-7-9-24-13)26-12(3)15-19-16(22-25-15)18(4,5)6/h7-9,11-12H,10H2,1-6H3/t12-/m1/s1. The molecule has 0 N–H and O–H groups in total. The lowest BCUT2D eigenvalue weighted by Crippen LogP contribution is -2.13. The van der Waals surface area contributed by atoms with Crippen molar-refractivity contribution in [2.45, 2.75) is 69.8 Å². The summed E-state index contributed by atoms with van der Waals surface area (Å²) in [6, 6.07) is 3.84. The van der Waals surface area contributed by atoms with Gasteiger partial charge in [-0.2, -0.15) is 4.98 Å². The van der Waals surface area contributed by atoms with Gasteiger partial charge in [-0.15, -0.1) is 10.2 Å². The van der Waals surface area contributed by atoms with Gasteiger partial charge in [-0.1, -0.05) is 51.5 Å². The first-order chi connectivity index (χ1) is 12.3. The van der Waals surface area contributed by atoms with Crippen LogP contribution in [0, 0.1) is 0 Å². The molecule has 3 aromatic rings. The van der Waals surface area contributed by atoms with Crippen molar-refractivity contribution >= 4 is 11.8 Å². The van der Waals surface area contributed by atoms with Crippen molar-refractivity contribution in [1.82, 2.24) is 24.9 Å². The van der Waals surface area contributed by atoms with E-state index in [4.69, 9.17) is 8.94 Å². The Balaban J connectivity index is 1.83. The Morgan fingerprint density at radius 2 is 1.96 bits per heavy atom. The van der Waals surface area contributed by atoms with E-state index in [2.05, 4.69) is 59.5 Å². The molecule has 0 saturated carbocycles. The zero-order valence-corrected chi connectivity index (χ0v) is 16.9. The summed E-state index contributed by atoms with van der Waals surface area (Å²) in [6.45, 7) is 13.0. The van der Waals surface area contributed by atoms with Crippen LogP contribution in [0.5, 0.6) is 0 Å². The van der Waals surface area contributed by atoms with Crippen molar-refractivity contribution in [2.75, 3.05) is 0 Å². The van der Waals surface area contributed by atoms with Crippen LogP contribution in [0.2, 0.25) is 0 Å². The zero-order valence-electron chi connectivity index (χ0n) is 16.1. The van der Waals surface area contributed by atoms with E-state index >= 15 is 0 Å².